The van der Waals surface area contributed by atoms with Crippen molar-refractivity contribution in [1.29, 1.82) is 0 Å². The van der Waals surface area contributed by atoms with Gasteiger partial charge in [0.2, 0.25) is 5.91 Å². The van der Waals surface area contributed by atoms with Gasteiger partial charge in [-0.15, -0.1) is 0 Å². The fourth-order valence-electron chi connectivity index (χ4n) is 6.07. The molecule has 3 rings (SSSR count). The highest BCUT2D eigenvalue weighted by atomic mass is 16.2. The molecule has 0 saturated carbocycles. The van der Waals surface area contributed by atoms with E-state index in [2.05, 4.69) is 118 Å². The van der Waals surface area contributed by atoms with Crippen LogP contribution in [0.3, 0.4) is 0 Å². The fraction of sp³-hybridized carbons (Fsp3) is 0.413. The van der Waals surface area contributed by atoms with E-state index in [1.807, 2.05) is 18.2 Å². The smallest absolute Gasteiger partial charge is 0.251 e. The lowest BCUT2D eigenvalue weighted by molar-refractivity contribution is -0.121. The first kappa shape index (κ1) is 40.9. The molecule has 2 aromatic carbocycles. The van der Waals surface area contributed by atoms with Crippen LogP contribution in [0, 0.1) is 0 Å². The van der Waals surface area contributed by atoms with Gasteiger partial charge in [-0.05, 0) is 110 Å². The zero-order valence-corrected chi connectivity index (χ0v) is 31.7. The molecule has 0 fully saturated rings. The molecule has 0 aliphatic heterocycles. The van der Waals surface area contributed by atoms with Crippen LogP contribution in [-0.4, -0.2) is 30.7 Å². The van der Waals surface area contributed by atoms with Crippen molar-refractivity contribution in [2.45, 2.75) is 110 Å². The summed E-state index contributed by atoms with van der Waals surface area (Å²) in [5, 5.41) is 5.73. The normalized spacial score (nSPS) is 15.5. The van der Waals surface area contributed by atoms with Crippen LogP contribution in [0.4, 0.5) is 0 Å². The average molecular weight is 689 g/mol. The molecule has 2 aromatic rings. The van der Waals surface area contributed by atoms with Gasteiger partial charge in [0, 0.05) is 30.6 Å². The quantitative estimate of drug-likeness (QED) is 0.0629. The number of hydrogen-bond donors (Lipinski definition) is 2. The minimum absolute atomic E-state index is 0.00905. The van der Waals surface area contributed by atoms with Crippen LogP contribution in [0.15, 0.2) is 109 Å². The molecule has 0 atom stereocenters. The predicted molar refractivity (Wildman–Crippen MR) is 215 cm³/mol. The largest absolute Gasteiger partial charge is 0.354 e. The molecule has 51 heavy (non-hydrogen) atoms. The first-order valence-electron chi connectivity index (χ1n) is 18.8. The van der Waals surface area contributed by atoms with E-state index in [9.17, 15) is 14.4 Å². The summed E-state index contributed by atoms with van der Waals surface area (Å²) in [7, 11) is 0. The Balaban J connectivity index is 1.27. The van der Waals surface area contributed by atoms with Crippen molar-refractivity contribution in [2.24, 2.45) is 0 Å². The molecule has 1 aliphatic rings. The Labute approximate surface area is 307 Å². The molecular formula is C46H60N2O3. The van der Waals surface area contributed by atoms with Crippen molar-refractivity contribution in [3.05, 3.63) is 137 Å². The van der Waals surface area contributed by atoms with Crippen LogP contribution in [0.25, 0.3) is 6.08 Å². The lowest BCUT2D eigenvalue weighted by Crippen LogP contribution is -2.34. The number of amides is 2. The highest BCUT2D eigenvalue weighted by Gasteiger charge is 2.37. The van der Waals surface area contributed by atoms with Crippen molar-refractivity contribution in [1.82, 2.24) is 10.6 Å². The summed E-state index contributed by atoms with van der Waals surface area (Å²) in [6.07, 6.45) is 34.4. The van der Waals surface area contributed by atoms with Gasteiger partial charge in [-0.3, -0.25) is 14.4 Å². The Morgan fingerprint density at radius 2 is 1.18 bits per heavy atom. The summed E-state index contributed by atoms with van der Waals surface area (Å²) in [4.78, 5) is 37.8. The molecular weight excluding hydrogens is 629 g/mol. The molecule has 5 heteroatoms. The molecule has 0 saturated heterocycles. The first-order valence-corrected chi connectivity index (χ1v) is 18.8. The summed E-state index contributed by atoms with van der Waals surface area (Å²) < 4.78 is 0. The second-order valence-corrected chi connectivity index (χ2v) is 14.6. The summed E-state index contributed by atoms with van der Waals surface area (Å²) in [5.41, 5.74) is 4.84. The summed E-state index contributed by atoms with van der Waals surface area (Å²) in [6.45, 7) is 12.0. The first-order chi connectivity index (χ1) is 24.5. The topological polar surface area (TPSA) is 75.3 Å². The standard InChI is InChI=1S/C46H60N2O3/c1-6-7-8-9-10-11-12-13-14-15-16-17-18-19-20-21-22-23-43(50)47-34-35-48-44(51)38-27-24-37(25-28-38)26-31-42(49)39-29-30-40-41(36-39)46(4,5)33-32-45(40,2)3/h7-8,10-11,13-14,16-17,19-20,24-31,36H,6,9,12,15,18,21-23,32-35H2,1-5H3,(H,47,50)(H,48,51)/b8-7-,11-10-,14-13-,17-16-,20-19-,31-26+. The molecule has 0 radical (unpaired) electrons. The summed E-state index contributed by atoms with van der Waals surface area (Å²) in [5.74, 6) is -0.242. The monoisotopic (exact) mass is 688 g/mol. The number of benzene rings is 2. The van der Waals surface area contributed by atoms with Crippen molar-refractivity contribution in [2.75, 3.05) is 13.1 Å². The third-order valence-corrected chi connectivity index (χ3v) is 9.40. The zero-order valence-electron chi connectivity index (χ0n) is 31.7. The van der Waals surface area contributed by atoms with Gasteiger partial charge in [-0.2, -0.15) is 0 Å². The highest BCUT2D eigenvalue weighted by molar-refractivity contribution is 6.07. The van der Waals surface area contributed by atoms with E-state index in [4.69, 9.17) is 0 Å². The minimum Gasteiger partial charge on any atom is -0.354 e. The van der Waals surface area contributed by atoms with Gasteiger partial charge in [0.05, 0.1) is 0 Å². The number of rotatable bonds is 20. The molecule has 2 amide bonds. The number of carbonyl (C=O) groups is 3. The summed E-state index contributed by atoms with van der Waals surface area (Å²) >= 11 is 0. The Hall–Kier alpha value is -4.51. The van der Waals surface area contributed by atoms with Gasteiger partial charge in [-0.1, -0.05) is 126 Å². The maximum atomic E-state index is 13.0. The van der Waals surface area contributed by atoms with Crippen molar-refractivity contribution < 1.29 is 14.4 Å². The second-order valence-electron chi connectivity index (χ2n) is 14.6. The number of nitrogens with one attached hydrogen (secondary N) is 2. The van der Waals surface area contributed by atoms with Crippen LogP contribution < -0.4 is 10.6 Å². The van der Waals surface area contributed by atoms with Crippen LogP contribution in [-0.2, 0) is 15.6 Å². The molecule has 2 N–H and O–H groups in total. The maximum absolute atomic E-state index is 13.0. The van der Waals surface area contributed by atoms with E-state index in [-0.39, 0.29) is 28.4 Å². The average Bonchev–Trinajstić information content (AvgIpc) is 3.12. The third kappa shape index (κ3) is 14.7. The van der Waals surface area contributed by atoms with Crippen LogP contribution in [0.5, 0.6) is 0 Å². The van der Waals surface area contributed by atoms with Crippen LogP contribution in [0.1, 0.15) is 136 Å². The van der Waals surface area contributed by atoms with Gasteiger partial charge in [0.1, 0.15) is 0 Å². The molecule has 1 aliphatic carbocycles. The van der Waals surface area contributed by atoms with E-state index >= 15 is 0 Å². The number of allylic oxidation sites excluding steroid dienone is 11. The van der Waals surface area contributed by atoms with Gasteiger partial charge in [0.25, 0.3) is 5.91 Å². The third-order valence-electron chi connectivity index (χ3n) is 9.40. The van der Waals surface area contributed by atoms with Gasteiger partial charge in [0.15, 0.2) is 5.78 Å². The zero-order chi connectivity index (χ0) is 37.0. The van der Waals surface area contributed by atoms with Crippen molar-refractivity contribution in [3.63, 3.8) is 0 Å². The number of ketones is 1. The molecule has 0 aromatic heterocycles. The molecule has 0 heterocycles. The molecule has 0 unspecified atom stereocenters. The van der Waals surface area contributed by atoms with E-state index in [1.165, 1.54) is 11.1 Å². The minimum atomic E-state index is -0.200. The maximum Gasteiger partial charge on any atom is 0.251 e. The molecule has 272 valence electrons. The van der Waals surface area contributed by atoms with E-state index in [0.717, 1.165) is 63.4 Å². The second kappa shape index (κ2) is 21.6. The summed E-state index contributed by atoms with van der Waals surface area (Å²) in [6, 6.07) is 13.3. The van der Waals surface area contributed by atoms with E-state index in [1.54, 1.807) is 24.3 Å². The van der Waals surface area contributed by atoms with Gasteiger partial charge in [-0.25, -0.2) is 0 Å². The molecule has 0 spiro atoms. The van der Waals surface area contributed by atoms with Crippen LogP contribution >= 0.6 is 0 Å². The fourth-order valence-corrected chi connectivity index (χ4v) is 6.07. The lowest BCUT2D eigenvalue weighted by atomic mass is 9.63. The van der Waals surface area contributed by atoms with Gasteiger partial charge >= 0.3 is 0 Å². The SMILES string of the molecule is CC/C=C\C/C=C\C/C=C\C/C=C\C/C=C\CCCC(=O)NCCNC(=O)c1ccc(/C=C/C(=O)c2ccc3c(c2)C(C)(C)CCC3(C)C)cc1. The molecule has 0 bridgehead atoms. The number of carbonyl (C=O) groups excluding carboxylic acids is 3. The van der Waals surface area contributed by atoms with Gasteiger partial charge < -0.3 is 10.6 Å². The number of unbranched alkanes of at least 4 members (excludes halogenated alkanes) is 1. The Bertz CT molecular complexity index is 1600. The number of hydrogen-bond acceptors (Lipinski definition) is 3. The van der Waals surface area contributed by atoms with Crippen molar-refractivity contribution in [3.8, 4) is 0 Å². The highest BCUT2D eigenvalue weighted by Crippen LogP contribution is 2.45. The van der Waals surface area contributed by atoms with Crippen LogP contribution in [0.2, 0.25) is 0 Å². The van der Waals surface area contributed by atoms with Crippen molar-refractivity contribution >= 4 is 23.7 Å². The predicted octanol–water partition coefficient (Wildman–Crippen LogP) is 10.7. The lowest BCUT2D eigenvalue weighted by Gasteiger charge is -2.42. The van der Waals surface area contributed by atoms with E-state index < -0.39 is 0 Å². The Morgan fingerprint density at radius 1 is 0.647 bits per heavy atom. The van der Waals surface area contributed by atoms with E-state index in [0.29, 0.717) is 30.6 Å². The Kier molecular flexibility index (Phi) is 17.4. The Morgan fingerprint density at radius 3 is 1.78 bits per heavy atom. The molecule has 5 nitrogen and oxygen atoms in total. The number of fused-ring (bicyclic) bond motifs is 1.